The summed E-state index contributed by atoms with van der Waals surface area (Å²) in [5.74, 6) is 0.242. The zero-order chi connectivity index (χ0) is 13.1. The Bertz CT molecular complexity index is 576. The standard InChI is InChI=1S/C11H16N6O/c1-14-5-6-15-11-16-8-4-2-3-7(10(12)13)9(8)17(11)18/h2-4,14,18H,5-6H2,1H3,(H3,12,13)(H,15,16). The molecule has 0 fully saturated rings. The monoisotopic (exact) mass is 248 g/mol. The largest absolute Gasteiger partial charge is 0.425 e. The van der Waals surface area contributed by atoms with E-state index in [1.807, 2.05) is 7.05 Å². The predicted octanol–water partition coefficient (Wildman–Crippen LogP) is 0.189. The van der Waals surface area contributed by atoms with Gasteiger partial charge in [0.05, 0.1) is 5.52 Å². The van der Waals surface area contributed by atoms with Crippen molar-refractivity contribution in [3.05, 3.63) is 23.8 Å². The smallest absolute Gasteiger partial charge is 0.237 e. The van der Waals surface area contributed by atoms with Crippen LogP contribution in [0.25, 0.3) is 11.0 Å². The first-order valence-electron chi connectivity index (χ1n) is 5.58. The summed E-state index contributed by atoms with van der Waals surface area (Å²) in [4.78, 5) is 4.25. The maximum atomic E-state index is 10.0. The second-order valence-electron chi connectivity index (χ2n) is 3.86. The molecule has 0 aliphatic carbocycles. The highest BCUT2D eigenvalue weighted by molar-refractivity contribution is 6.06. The number of aromatic nitrogens is 2. The summed E-state index contributed by atoms with van der Waals surface area (Å²) in [5, 5.41) is 23.5. The van der Waals surface area contributed by atoms with E-state index in [4.69, 9.17) is 11.1 Å². The molecule has 18 heavy (non-hydrogen) atoms. The van der Waals surface area contributed by atoms with Crippen LogP contribution in [0.5, 0.6) is 0 Å². The van der Waals surface area contributed by atoms with Gasteiger partial charge in [-0.2, -0.15) is 0 Å². The Morgan fingerprint density at radius 2 is 2.28 bits per heavy atom. The van der Waals surface area contributed by atoms with Crippen molar-refractivity contribution >= 4 is 22.8 Å². The number of nitrogens with one attached hydrogen (secondary N) is 3. The maximum Gasteiger partial charge on any atom is 0.237 e. The molecule has 2 rings (SSSR count). The molecule has 0 amide bonds. The molecule has 0 saturated heterocycles. The molecule has 0 radical (unpaired) electrons. The molecule has 0 atom stereocenters. The van der Waals surface area contributed by atoms with E-state index in [0.29, 0.717) is 29.1 Å². The minimum absolute atomic E-state index is 0.0995. The first-order chi connectivity index (χ1) is 8.65. The number of imidazole rings is 1. The van der Waals surface area contributed by atoms with Crippen LogP contribution in [-0.2, 0) is 0 Å². The minimum atomic E-state index is -0.0995. The molecule has 96 valence electrons. The third kappa shape index (κ3) is 2.07. The average molecular weight is 248 g/mol. The fourth-order valence-electron chi connectivity index (χ4n) is 1.74. The third-order valence-corrected chi connectivity index (χ3v) is 2.60. The Morgan fingerprint density at radius 3 is 2.94 bits per heavy atom. The van der Waals surface area contributed by atoms with Gasteiger partial charge in [0.25, 0.3) is 0 Å². The number of amidine groups is 1. The van der Waals surface area contributed by atoms with Crippen LogP contribution < -0.4 is 16.4 Å². The third-order valence-electron chi connectivity index (χ3n) is 2.60. The number of hydrogen-bond acceptors (Lipinski definition) is 5. The molecular formula is C11H16N6O. The molecule has 0 saturated carbocycles. The Morgan fingerprint density at radius 1 is 1.50 bits per heavy atom. The molecule has 0 aliphatic rings. The van der Waals surface area contributed by atoms with Crippen LogP contribution in [0.3, 0.4) is 0 Å². The topological polar surface area (TPSA) is 112 Å². The summed E-state index contributed by atoms with van der Waals surface area (Å²) < 4.78 is 0.932. The number of anilines is 1. The van der Waals surface area contributed by atoms with Crippen LogP contribution in [0.2, 0.25) is 0 Å². The highest BCUT2D eigenvalue weighted by Crippen LogP contribution is 2.21. The SMILES string of the molecule is CNCCNc1nc2cccc(C(=N)N)c2n1O. The predicted molar refractivity (Wildman–Crippen MR) is 70.3 cm³/mol. The van der Waals surface area contributed by atoms with Crippen molar-refractivity contribution in [1.82, 2.24) is 15.0 Å². The van der Waals surface area contributed by atoms with Gasteiger partial charge in [-0.25, -0.2) is 4.98 Å². The van der Waals surface area contributed by atoms with E-state index in [2.05, 4.69) is 15.6 Å². The Labute approximate surface area is 104 Å². The van der Waals surface area contributed by atoms with Crippen LogP contribution in [0.1, 0.15) is 5.56 Å². The van der Waals surface area contributed by atoms with Gasteiger partial charge in [0.1, 0.15) is 11.4 Å². The van der Waals surface area contributed by atoms with Gasteiger partial charge in [-0.1, -0.05) is 6.07 Å². The molecule has 0 spiro atoms. The van der Waals surface area contributed by atoms with Crippen molar-refractivity contribution in [2.45, 2.75) is 0 Å². The Balaban J connectivity index is 2.43. The van der Waals surface area contributed by atoms with E-state index < -0.39 is 0 Å². The lowest BCUT2D eigenvalue weighted by Gasteiger charge is -2.05. The number of hydrogen-bond donors (Lipinski definition) is 5. The first-order valence-corrected chi connectivity index (χ1v) is 5.58. The molecular weight excluding hydrogens is 232 g/mol. The molecule has 1 aromatic carbocycles. The molecule has 0 aliphatic heterocycles. The number of para-hydroxylation sites is 1. The second kappa shape index (κ2) is 4.92. The average Bonchev–Trinajstić information content (AvgIpc) is 2.67. The molecule has 7 heteroatoms. The number of nitrogens with zero attached hydrogens (tertiary/aromatic N) is 2. The van der Waals surface area contributed by atoms with E-state index in [1.165, 1.54) is 0 Å². The van der Waals surface area contributed by atoms with Crippen molar-refractivity contribution in [1.29, 1.82) is 5.41 Å². The van der Waals surface area contributed by atoms with E-state index in [0.717, 1.165) is 11.3 Å². The first kappa shape index (κ1) is 12.2. The highest BCUT2D eigenvalue weighted by Gasteiger charge is 2.14. The lowest BCUT2D eigenvalue weighted by molar-refractivity contribution is 0.203. The Kier molecular flexibility index (Phi) is 3.33. The van der Waals surface area contributed by atoms with Gasteiger partial charge >= 0.3 is 0 Å². The van der Waals surface area contributed by atoms with Crippen LogP contribution in [0.4, 0.5) is 5.95 Å². The van der Waals surface area contributed by atoms with Gasteiger partial charge in [-0.15, -0.1) is 4.73 Å². The van der Waals surface area contributed by atoms with Gasteiger partial charge in [0.2, 0.25) is 5.95 Å². The molecule has 7 nitrogen and oxygen atoms in total. The summed E-state index contributed by atoms with van der Waals surface area (Å²) in [5.41, 5.74) is 6.98. The molecule has 0 unspecified atom stereocenters. The zero-order valence-electron chi connectivity index (χ0n) is 10.1. The number of benzene rings is 1. The number of fused-ring (bicyclic) bond motifs is 1. The fraction of sp³-hybridized carbons (Fsp3) is 0.273. The summed E-state index contributed by atoms with van der Waals surface area (Å²) >= 11 is 0. The van der Waals surface area contributed by atoms with Crippen molar-refractivity contribution in [2.24, 2.45) is 5.73 Å². The molecule has 0 bridgehead atoms. The number of rotatable bonds is 5. The second-order valence-corrected chi connectivity index (χ2v) is 3.86. The van der Waals surface area contributed by atoms with Gasteiger partial charge < -0.3 is 21.6 Å². The summed E-state index contributed by atoms with van der Waals surface area (Å²) in [6.07, 6.45) is 0. The van der Waals surface area contributed by atoms with Crippen LogP contribution in [0, 0.1) is 5.41 Å². The lowest BCUT2D eigenvalue weighted by atomic mass is 10.2. The fourth-order valence-corrected chi connectivity index (χ4v) is 1.74. The van der Waals surface area contributed by atoms with E-state index in [-0.39, 0.29) is 5.84 Å². The van der Waals surface area contributed by atoms with E-state index in [1.54, 1.807) is 18.2 Å². The molecule has 2 aromatic rings. The minimum Gasteiger partial charge on any atom is -0.425 e. The number of nitrogens with two attached hydrogens (primary N) is 1. The quantitative estimate of drug-likeness (QED) is 0.224. The van der Waals surface area contributed by atoms with Crippen LogP contribution >= 0.6 is 0 Å². The van der Waals surface area contributed by atoms with Crippen LogP contribution in [0.15, 0.2) is 18.2 Å². The van der Waals surface area contributed by atoms with Gasteiger partial charge in [0.15, 0.2) is 0 Å². The van der Waals surface area contributed by atoms with Crippen molar-refractivity contribution in [2.75, 3.05) is 25.5 Å². The summed E-state index contributed by atoms with van der Waals surface area (Å²) in [6, 6.07) is 5.19. The van der Waals surface area contributed by atoms with E-state index in [9.17, 15) is 5.21 Å². The van der Waals surface area contributed by atoms with Gasteiger partial charge in [-0.05, 0) is 19.2 Å². The normalized spacial score (nSPS) is 10.7. The van der Waals surface area contributed by atoms with Crippen molar-refractivity contribution in [3.63, 3.8) is 0 Å². The summed E-state index contributed by atoms with van der Waals surface area (Å²) in [6.45, 7) is 1.39. The molecule has 6 N–H and O–H groups in total. The van der Waals surface area contributed by atoms with Gasteiger partial charge in [-0.3, -0.25) is 5.41 Å². The molecule has 1 heterocycles. The lowest BCUT2D eigenvalue weighted by Crippen LogP contribution is -2.19. The number of likely N-dealkylation sites (N-methyl/N-ethyl adjacent to an activating group) is 1. The van der Waals surface area contributed by atoms with Gasteiger partial charge in [0, 0.05) is 18.7 Å². The van der Waals surface area contributed by atoms with Crippen molar-refractivity contribution < 1.29 is 5.21 Å². The number of nitrogen functional groups attached to an aromatic ring is 1. The summed E-state index contributed by atoms with van der Waals surface area (Å²) in [7, 11) is 1.84. The van der Waals surface area contributed by atoms with Crippen LogP contribution in [-0.4, -0.2) is 40.9 Å². The zero-order valence-corrected chi connectivity index (χ0v) is 10.1. The highest BCUT2D eigenvalue weighted by atomic mass is 16.5. The van der Waals surface area contributed by atoms with Crippen molar-refractivity contribution in [3.8, 4) is 0 Å². The maximum absolute atomic E-state index is 10.0. The van der Waals surface area contributed by atoms with E-state index >= 15 is 0 Å². The Hall–Kier alpha value is -2.28. The molecule has 1 aromatic heterocycles.